The van der Waals surface area contributed by atoms with Crippen LogP contribution in [0.25, 0.3) is 11.3 Å². The van der Waals surface area contributed by atoms with Crippen molar-refractivity contribution in [3.05, 3.63) is 93.6 Å². The zero-order valence-corrected chi connectivity index (χ0v) is 19.4. The number of fused-ring (bicyclic) bond motifs is 1. The summed E-state index contributed by atoms with van der Waals surface area (Å²) in [5.41, 5.74) is 0.982. The van der Waals surface area contributed by atoms with Crippen LogP contribution in [0.15, 0.2) is 70.1 Å². The van der Waals surface area contributed by atoms with Crippen LogP contribution in [0.3, 0.4) is 0 Å². The number of ether oxygens (including phenoxy) is 1. The van der Waals surface area contributed by atoms with Gasteiger partial charge in [0.1, 0.15) is 28.9 Å². The first-order chi connectivity index (χ1) is 17.3. The number of hydrogen-bond donors (Lipinski definition) is 1. The number of nitrogens with zero attached hydrogens (tertiary/aromatic N) is 3. The summed E-state index contributed by atoms with van der Waals surface area (Å²) < 4.78 is 63.3. The molecule has 4 aromatic rings. The molecule has 0 saturated carbocycles. The first-order valence-electron chi connectivity index (χ1n) is 10.6. The van der Waals surface area contributed by atoms with E-state index in [4.69, 9.17) is 4.74 Å². The molecule has 0 radical (unpaired) electrons. The van der Waals surface area contributed by atoms with Gasteiger partial charge in [0.2, 0.25) is 4.80 Å². The third-order valence-corrected chi connectivity index (χ3v) is 6.11. The van der Waals surface area contributed by atoms with Crippen molar-refractivity contribution in [1.82, 2.24) is 4.68 Å². The predicted octanol–water partition coefficient (Wildman–Crippen LogP) is 5.61. The summed E-state index contributed by atoms with van der Waals surface area (Å²) in [5.74, 6) is -3.08. The molecule has 0 spiro atoms. The molecule has 0 atom stereocenters. The second kappa shape index (κ2) is 9.42. The van der Waals surface area contributed by atoms with Gasteiger partial charge < -0.3 is 10.1 Å². The Morgan fingerprint density at radius 3 is 2.56 bits per heavy atom. The van der Waals surface area contributed by atoms with Gasteiger partial charge >= 0.3 is 0 Å². The average molecular weight is 512 g/mol. The van der Waals surface area contributed by atoms with Crippen molar-refractivity contribution in [3.8, 4) is 17.0 Å². The number of carbonyl (C=O) groups excluding carboxylic acids is 1. The van der Waals surface area contributed by atoms with Crippen molar-refractivity contribution in [2.75, 3.05) is 11.9 Å². The van der Waals surface area contributed by atoms with Crippen LogP contribution in [0.5, 0.6) is 5.75 Å². The number of hydrogen-bond acceptors (Lipinski definition) is 5. The lowest BCUT2D eigenvalue weighted by Crippen LogP contribution is -2.25. The van der Waals surface area contributed by atoms with Crippen molar-refractivity contribution in [3.63, 3.8) is 0 Å². The molecule has 1 aromatic heterocycles. The molecular weight excluding hydrogens is 496 g/mol. The first kappa shape index (κ1) is 23.5. The molecule has 3 aromatic carbocycles. The largest absolute Gasteiger partial charge is 0.482 e. The van der Waals surface area contributed by atoms with Gasteiger partial charge in [0.05, 0.1) is 22.7 Å². The average Bonchev–Trinajstić information content (AvgIpc) is 3.22. The highest BCUT2D eigenvalue weighted by atomic mass is 32.1. The predicted molar refractivity (Wildman–Crippen MR) is 127 cm³/mol. The van der Waals surface area contributed by atoms with Gasteiger partial charge in [-0.3, -0.25) is 4.79 Å². The summed E-state index contributed by atoms with van der Waals surface area (Å²) in [5, 5.41) is 8.80. The van der Waals surface area contributed by atoms with Crippen LogP contribution in [0.2, 0.25) is 0 Å². The molecule has 1 aliphatic heterocycles. The number of nitrogens with one attached hydrogen (secondary N) is 1. The fraction of sp³-hybridized carbons (Fsp3) is 0.0800. The van der Waals surface area contributed by atoms with Gasteiger partial charge in [0, 0.05) is 17.0 Å². The third-order valence-electron chi connectivity index (χ3n) is 5.29. The topological polar surface area (TPSA) is 68.0 Å². The van der Waals surface area contributed by atoms with Gasteiger partial charge in [-0.2, -0.15) is 5.10 Å². The number of anilines is 1. The van der Waals surface area contributed by atoms with Crippen LogP contribution >= 0.6 is 11.3 Å². The van der Waals surface area contributed by atoms with E-state index in [1.165, 1.54) is 23.7 Å². The van der Waals surface area contributed by atoms with Crippen LogP contribution < -0.4 is 14.9 Å². The molecule has 2 heterocycles. The molecule has 1 N–H and O–H groups in total. The molecule has 0 unspecified atom stereocenters. The lowest BCUT2D eigenvalue weighted by Gasteiger charge is -2.18. The Morgan fingerprint density at radius 1 is 1.03 bits per heavy atom. The molecule has 36 heavy (non-hydrogen) atoms. The minimum Gasteiger partial charge on any atom is -0.482 e. The lowest BCUT2D eigenvalue weighted by molar-refractivity contribution is -0.118. The van der Waals surface area contributed by atoms with E-state index in [0.717, 1.165) is 29.5 Å². The minimum absolute atomic E-state index is 0.000809. The number of carbonyl (C=O) groups is 1. The first-order valence-corrected chi connectivity index (χ1v) is 11.5. The molecule has 182 valence electrons. The van der Waals surface area contributed by atoms with E-state index in [1.807, 2.05) is 0 Å². The molecule has 1 aliphatic rings. The van der Waals surface area contributed by atoms with Crippen LogP contribution in [-0.4, -0.2) is 22.9 Å². The molecule has 11 heteroatoms. The number of halogens is 4. The second-order valence-electron chi connectivity index (χ2n) is 7.75. The quantitative estimate of drug-likeness (QED) is 0.285. The van der Waals surface area contributed by atoms with Crippen molar-refractivity contribution < 1.29 is 27.1 Å². The Hall–Kier alpha value is -4.25. The monoisotopic (exact) mass is 512 g/mol. The summed E-state index contributed by atoms with van der Waals surface area (Å²) >= 11 is 1.08. The molecule has 6 nitrogen and oxygen atoms in total. The van der Waals surface area contributed by atoms with E-state index in [2.05, 4.69) is 15.4 Å². The van der Waals surface area contributed by atoms with Crippen molar-refractivity contribution in [2.24, 2.45) is 10.1 Å². The Balaban J connectivity index is 1.71. The van der Waals surface area contributed by atoms with E-state index in [1.54, 1.807) is 23.6 Å². The van der Waals surface area contributed by atoms with Crippen LogP contribution in [-0.2, 0) is 4.79 Å². The number of aromatic nitrogens is 1. The zero-order chi connectivity index (χ0) is 25.4. The van der Waals surface area contributed by atoms with Crippen LogP contribution in [0.1, 0.15) is 12.5 Å². The standard InChI is InChI=1S/C25H16F4N4O2S/c1-13(24-16(27)3-2-4-17(24)28)32-33-21(14-5-8-22-20(9-14)30-23(34)11-35-22)12-36-25(33)31-19-7-6-15(26)10-18(19)29/h2-10,12H,11H2,1H3,(H,30,34). The highest BCUT2D eigenvalue weighted by molar-refractivity contribution is 7.07. The molecule has 1 amide bonds. The summed E-state index contributed by atoms with van der Waals surface area (Å²) in [7, 11) is 0. The van der Waals surface area contributed by atoms with Crippen molar-refractivity contribution in [1.29, 1.82) is 0 Å². The maximum Gasteiger partial charge on any atom is 0.262 e. The zero-order valence-electron chi connectivity index (χ0n) is 18.6. The van der Waals surface area contributed by atoms with Crippen molar-refractivity contribution >= 4 is 34.3 Å². The number of amides is 1. The van der Waals surface area contributed by atoms with E-state index in [9.17, 15) is 22.4 Å². The number of rotatable bonds is 4. The summed E-state index contributed by atoms with van der Waals surface area (Å²) in [4.78, 5) is 16.2. The van der Waals surface area contributed by atoms with Gasteiger partial charge in [-0.25, -0.2) is 27.2 Å². The number of benzene rings is 3. The molecule has 0 fully saturated rings. The SMILES string of the molecule is CC(=Nn1c(-c2ccc3c(c2)NC(=O)CO3)csc1=Nc1ccc(F)cc1F)c1c(F)cccc1F. The van der Waals surface area contributed by atoms with Crippen molar-refractivity contribution in [2.45, 2.75) is 6.92 Å². The minimum atomic E-state index is -0.883. The van der Waals surface area contributed by atoms with Gasteiger partial charge in [-0.15, -0.1) is 11.3 Å². The Kier molecular flexibility index (Phi) is 6.15. The molecule has 0 saturated heterocycles. The van der Waals surface area contributed by atoms with E-state index in [-0.39, 0.29) is 34.3 Å². The lowest BCUT2D eigenvalue weighted by atomic mass is 10.1. The summed E-state index contributed by atoms with van der Waals surface area (Å²) in [6.45, 7) is 1.33. The Bertz CT molecular complexity index is 1590. The molecular formula is C25H16F4N4O2S. The van der Waals surface area contributed by atoms with Gasteiger partial charge in [0.15, 0.2) is 12.4 Å². The summed E-state index contributed by atoms with van der Waals surface area (Å²) in [6.07, 6.45) is 0. The third kappa shape index (κ3) is 4.52. The van der Waals surface area contributed by atoms with E-state index >= 15 is 0 Å². The normalized spacial score (nSPS) is 13.9. The Morgan fingerprint density at radius 2 is 1.81 bits per heavy atom. The fourth-order valence-corrected chi connectivity index (χ4v) is 4.48. The molecule has 5 rings (SSSR count). The van der Waals surface area contributed by atoms with Crippen LogP contribution in [0.4, 0.5) is 28.9 Å². The highest BCUT2D eigenvalue weighted by Gasteiger charge is 2.19. The van der Waals surface area contributed by atoms with Gasteiger partial charge in [-0.05, 0) is 49.4 Å². The molecule has 0 bridgehead atoms. The van der Waals surface area contributed by atoms with E-state index < -0.39 is 23.3 Å². The maximum absolute atomic E-state index is 14.4. The number of thiazole rings is 1. The smallest absolute Gasteiger partial charge is 0.262 e. The molecule has 0 aliphatic carbocycles. The maximum atomic E-state index is 14.4. The highest BCUT2D eigenvalue weighted by Crippen LogP contribution is 2.33. The van der Waals surface area contributed by atoms with Crippen LogP contribution in [0, 0.1) is 23.3 Å². The fourth-order valence-electron chi connectivity index (χ4n) is 3.63. The summed E-state index contributed by atoms with van der Waals surface area (Å²) in [6, 6.07) is 11.4. The second-order valence-corrected chi connectivity index (χ2v) is 8.59. The van der Waals surface area contributed by atoms with Gasteiger partial charge in [-0.1, -0.05) is 6.07 Å². The van der Waals surface area contributed by atoms with E-state index in [0.29, 0.717) is 28.8 Å². The van der Waals surface area contributed by atoms with Gasteiger partial charge in [0.25, 0.3) is 5.91 Å². The Labute approximate surface area is 205 Å².